The van der Waals surface area contributed by atoms with Crippen molar-refractivity contribution in [1.82, 2.24) is 5.32 Å². The fourth-order valence-electron chi connectivity index (χ4n) is 0.739. The van der Waals surface area contributed by atoms with Crippen molar-refractivity contribution in [2.75, 3.05) is 20.6 Å². The molecular formula is C9H23N3O3. The molecule has 0 radical (unpaired) electrons. The Bertz CT molecular complexity index is 132. The summed E-state index contributed by atoms with van der Waals surface area (Å²) in [4.78, 5) is 19.8. The number of carbonyl (C=O) groups excluding carboxylic acids is 1. The van der Waals surface area contributed by atoms with Crippen LogP contribution in [0.1, 0.15) is 25.7 Å². The van der Waals surface area contributed by atoms with Crippen LogP contribution in [-0.2, 0) is 9.59 Å². The van der Waals surface area contributed by atoms with Crippen molar-refractivity contribution >= 4 is 12.4 Å². The molecule has 1 amide bonds. The van der Waals surface area contributed by atoms with E-state index in [1.807, 2.05) is 0 Å². The molecule has 0 aliphatic heterocycles. The molecule has 0 spiro atoms. The third-order valence-corrected chi connectivity index (χ3v) is 1.30. The predicted octanol–water partition coefficient (Wildman–Crippen LogP) is -0.473. The Balaban J connectivity index is -0.000000318. The second-order valence-corrected chi connectivity index (χ2v) is 2.28. The molecule has 0 fully saturated rings. The first-order valence-corrected chi connectivity index (χ1v) is 4.81. The number of hydrogen-bond acceptors (Lipinski definition) is 4. The van der Waals surface area contributed by atoms with Crippen molar-refractivity contribution in [3.63, 3.8) is 0 Å². The van der Waals surface area contributed by atoms with Crippen LogP contribution in [0.4, 0.5) is 0 Å². The van der Waals surface area contributed by atoms with E-state index in [0.717, 1.165) is 12.8 Å². The Hall–Kier alpha value is -1.14. The van der Waals surface area contributed by atoms with Crippen LogP contribution >= 0.6 is 0 Å². The summed E-state index contributed by atoms with van der Waals surface area (Å²) in [5.74, 6) is -0.756. The highest BCUT2D eigenvalue weighted by atomic mass is 16.4. The Kier molecular flexibility index (Phi) is 29.9. The van der Waals surface area contributed by atoms with Crippen LogP contribution in [-0.4, -0.2) is 38.1 Å². The molecule has 0 aliphatic carbocycles. The van der Waals surface area contributed by atoms with E-state index < -0.39 is 5.97 Å². The highest BCUT2D eigenvalue weighted by molar-refractivity contribution is 5.66. The van der Waals surface area contributed by atoms with E-state index in [4.69, 9.17) is 5.11 Å². The SMILES string of the molecule is CN.CN.O=CNCCCCCC(=O)O. The lowest BCUT2D eigenvalue weighted by Crippen LogP contribution is -2.11. The molecule has 0 aromatic heterocycles. The van der Waals surface area contributed by atoms with E-state index in [-0.39, 0.29) is 6.42 Å². The summed E-state index contributed by atoms with van der Waals surface area (Å²) in [6, 6.07) is 0. The molecule has 0 unspecified atom stereocenters. The molecule has 0 atom stereocenters. The zero-order valence-electron chi connectivity index (χ0n) is 9.53. The van der Waals surface area contributed by atoms with Gasteiger partial charge in [0.1, 0.15) is 0 Å². The molecule has 92 valence electrons. The van der Waals surface area contributed by atoms with E-state index in [9.17, 15) is 9.59 Å². The number of amides is 1. The minimum absolute atomic E-state index is 0.223. The van der Waals surface area contributed by atoms with Crippen LogP contribution in [0.15, 0.2) is 0 Å². The van der Waals surface area contributed by atoms with Crippen molar-refractivity contribution in [3.05, 3.63) is 0 Å². The van der Waals surface area contributed by atoms with Crippen LogP contribution in [0.25, 0.3) is 0 Å². The lowest BCUT2D eigenvalue weighted by atomic mass is 10.2. The average Bonchev–Trinajstić information content (AvgIpc) is 2.28. The quantitative estimate of drug-likeness (QED) is 0.342. The number of carboxylic acids is 1. The van der Waals surface area contributed by atoms with Crippen LogP contribution in [0.2, 0.25) is 0 Å². The topological polar surface area (TPSA) is 118 Å². The summed E-state index contributed by atoms with van der Waals surface area (Å²) in [6.07, 6.45) is 3.27. The summed E-state index contributed by atoms with van der Waals surface area (Å²) in [5, 5.41) is 10.8. The molecule has 6 N–H and O–H groups in total. The Morgan fingerprint density at radius 3 is 2.13 bits per heavy atom. The van der Waals surface area contributed by atoms with Crippen LogP contribution < -0.4 is 16.8 Å². The molecule has 6 nitrogen and oxygen atoms in total. The summed E-state index contributed by atoms with van der Waals surface area (Å²) in [5.41, 5.74) is 9.00. The fourth-order valence-corrected chi connectivity index (χ4v) is 0.739. The number of carbonyl (C=O) groups is 2. The summed E-state index contributed by atoms with van der Waals surface area (Å²) >= 11 is 0. The Labute approximate surface area is 91.0 Å². The van der Waals surface area contributed by atoms with Gasteiger partial charge in [-0.3, -0.25) is 9.59 Å². The van der Waals surface area contributed by atoms with Gasteiger partial charge in [-0.1, -0.05) is 6.42 Å². The smallest absolute Gasteiger partial charge is 0.303 e. The van der Waals surface area contributed by atoms with E-state index in [2.05, 4.69) is 16.8 Å². The van der Waals surface area contributed by atoms with Gasteiger partial charge in [-0.15, -0.1) is 0 Å². The first-order chi connectivity index (χ1) is 7.27. The van der Waals surface area contributed by atoms with Crippen molar-refractivity contribution in [2.45, 2.75) is 25.7 Å². The molecule has 0 saturated carbocycles. The van der Waals surface area contributed by atoms with Gasteiger partial charge in [0, 0.05) is 13.0 Å². The van der Waals surface area contributed by atoms with Gasteiger partial charge in [-0.25, -0.2) is 0 Å². The largest absolute Gasteiger partial charge is 0.481 e. The summed E-state index contributed by atoms with van der Waals surface area (Å²) < 4.78 is 0. The van der Waals surface area contributed by atoms with Crippen molar-refractivity contribution in [1.29, 1.82) is 0 Å². The van der Waals surface area contributed by atoms with Gasteiger partial charge in [-0.2, -0.15) is 0 Å². The predicted molar refractivity (Wildman–Crippen MR) is 60.4 cm³/mol. The highest BCUT2D eigenvalue weighted by Crippen LogP contribution is 1.97. The number of nitrogens with one attached hydrogen (secondary N) is 1. The normalized spacial score (nSPS) is 7.47. The number of nitrogens with two attached hydrogens (primary N) is 2. The summed E-state index contributed by atoms with van der Waals surface area (Å²) in [7, 11) is 3.00. The first kappa shape index (κ1) is 19.4. The second kappa shape index (κ2) is 23.0. The van der Waals surface area contributed by atoms with Gasteiger partial charge in [0.2, 0.25) is 6.41 Å². The standard InChI is InChI=1S/C7H13NO3.2CH5N/c9-6-8-5-3-1-2-4-7(10)11;2*1-2/h6H,1-5H2,(H,8,9)(H,10,11);2*2H2,1H3. The van der Waals surface area contributed by atoms with Gasteiger partial charge in [0.05, 0.1) is 0 Å². The van der Waals surface area contributed by atoms with Crippen molar-refractivity contribution in [2.24, 2.45) is 11.5 Å². The highest BCUT2D eigenvalue weighted by Gasteiger charge is 1.94. The van der Waals surface area contributed by atoms with Gasteiger partial charge >= 0.3 is 5.97 Å². The van der Waals surface area contributed by atoms with E-state index in [1.54, 1.807) is 0 Å². The van der Waals surface area contributed by atoms with Crippen LogP contribution in [0, 0.1) is 0 Å². The number of hydrogen-bond donors (Lipinski definition) is 4. The van der Waals surface area contributed by atoms with Gasteiger partial charge < -0.3 is 21.9 Å². The number of unbranched alkanes of at least 4 members (excludes halogenated alkanes) is 2. The third-order valence-electron chi connectivity index (χ3n) is 1.30. The number of rotatable bonds is 7. The fraction of sp³-hybridized carbons (Fsp3) is 0.778. The molecule has 0 aromatic rings. The lowest BCUT2D eigenvalue weighted by molar-refractivity contribution is -0.137. The zero-order valence-corrected chi connectivity index (χ0v) is 9.53. The molecule has 0 aliphatic rings. The maximum absolute atomic E-state index is 10.0. The maximum atomic E-state index is 10.0. The Morgan fingerprint density at radius 1 is 1.20 bits per heavy atom. The molecule has 0 aromatic carbocycles. The van der Waals surface area contributed by atoms with Crippen LogP contribution in [0.5, 0.6) is 0 Å². The third kappa shape index (κ3) is 32.2. The Morgan fingerprint density at radius 2 is 1.73 bits per heavy atom. The molecule has 0 rings (SSSR count). The molecule has 0 heterocycles. The average molecular weight is 221 g/mol. The second-order valence-electron chi connectivity index (χ2n) is 2.28. The van der Waals surface area contributed by atoms with Gasteiger partial charge in [-0.05, 0) is 26.9 Å². The monoisotopic (exact) mass is 221 g/mol. The minimum Gasteiger partial charge on any atom is -0.481 e. The van der Waals surface area contributed by atoms with Crippen molar-refractivity contribution < 1.29 is 14.7 Å². The maximum Gasteiger partial charge on any atom is 0.303 e. The molecule has 0 saturated heterocycles. The van der Waals surface area contributed by atoms with Gasteiger partial charge in [0.15, 0.2) is 0 Å². The van der Waals surface area contributed by atoms with Crippen molar-refractivity contribution in [3.8, 4) is 0 Å². The van der Waals surface area contributed by atoms with E-state index in [0.29, 0.717) is 19.4 Å². The summed E-state index contributed by atoms with van der Waals surface area (Å²) in [6.45, 7) is 0.642. The van der Waals surface area contributed by atoms with E-state index >= 15 is 0 Å². The molecule has 15 heavy (non-hydrogen) atoms. The molecule has 6 heteroatoms. The number of carboxylic acid groups (broad SMARTS) is 1. The molecule has 0 bridgehead atoms. The molecular weight excluding hydrogens is 198 g/mol. The zero-order chi connectivity index (χ0) is 12.5. The first-order valence-electron chi connectivity index (χ1n) is 4.81. The van der Waals surface area contributed by atoms with E-state index in [1.165, 1.54) is 14.1 Å². The minimum atomic E-state index is -0.756. The number of aliphatic carboxylic acids is 1. The lowest BCUT2D eigenvalue weighted by Gasteiger charge is -1.96. The van der Waals surface area contributed by atoms with Gasteiger partial charge in [0.25, 0.3) is 0 Å². The van der Waals surface area contributed by atoms with Crippen LogP contribution in [0.3, 0.4) is 0 Å².